The minimum absolute atomic E-state index is 0. The largest absolute Gasteiger partial charge is 0.493 e. The van der Waals surface area contributed by atoms with Crippen molar-refractivity contribution in [2.45, 2.75) is 51.7 Å². The smallest absolute Gasteiger partial charge is 0.191 e. The number of benzene rings is 1. The maximum atomic E-state index is 5.98. The Morgan fingerprint density at radius 2 is 2.03 bits per heavy atom. The molecule has 2 N–H and O–H groups in total. The van der Waals surface area contributed by atoms with E-state index in [4.69, 9.17) is 19.2 Å². The topological polar surface area (TPSA) is 64.1 Å². The lowest BCUT2D eigenvalue weighted by molar-refractivity contribution is 0.0168. The maximum absolute atomic E-state index is 5.98. The van der Waals surface area contributed by atoms with Gasteiger partial charge in [-0.3, -0.25) is 0 Å². The zero-order chi connectivity index (χ0) is 19.4. The number of para-hydroxylation sites is 1. The van der Waals surface area contributed by atoms with Crippen molar-refractivity contribution in [3.8, 4) is 5.75 Å². The van der Waals surface area contributed by atoms with Gasteiger partial charge in [0, 0.05) is 31.9 Å². The summed E-state index contributed by atoms with van der Waals surface area (Å²) in [4.78, 5) is 4.72. The molecule has 1 heterocycles. The van der Waals surface area contributed by atoms with Gasteiger partial charge in [0.05, 0.1) is 25.9 Å². The third-order valence-electron chi connectivity index (χ3n) is 4.98. The van der Waals surface area contributed by atoms with Crippen LogP contribution in [0.2, 0.25) is 0 Å². The second-order valence-electron chi connectivity index (χ2n) is 7.55. The summed E-state index contributed by atoms with van der Waals surface area (Å²) in [6.45, 7) is 7.51. The van der Waals surface area contributed by atoms with Crippen LogP contribution >= 0.6 is 24.0 Å². The van der Waals surface area contributed by atoms with Gasteiger partial charge in [0.25, 0.3) is 0 Å². The molecule has 2 aliphatic rings. The summed E-state index contributed by atoms with van der Waals surface area (Å²) < 4.78 is 17.3. The zero-order valence-corrected chi connectivity index (χ0v) is 19.9. The lowest BCUT2D eigenvalue weighted by Gasteiger charge is -2.13. The molecule has 1 unspecified atom stereocenters. The fourth-order valence-corrected chi connectivity index (χ4v) is 3.14. The molecular formula is C22H36IN3O3. The molecular weight excluding hydrogens is 481 g/mol. The van der Waals surface area contributed by atoms with Gasteiger partial charge in [0.1, 0.15) is 5.75 Å². The number of nitrogens with one attached hydrogen (secondary N) is 2. The van der Waals surface area contributed by atoms with Gasteiger partial charge in [-0.2, -0.15) is 0 Å². The highest BCUT2D eigenvalue weighted by molar-refractivity contribution is 14.0. The molecule has 0 spiro atoms. The predicted octanol–water partition coefficient (Wildman–Crippen LogP) is 3.73. The molecule has 0 radical (unpaired) electrons. The van der Waals surface area contributed by atoms with E-state index in [1.807, 2.05) is 18.2 Å². The van der Waals surface area contributed by atoms with Gasteiger partial charge < -0.3 is 24.8 Å². The van der Waals surface area contributed by atoms with E-state index in [1.54, 1.807) is 0 Å². The summed E-state index contributed by atoms with van der Waals surface area (Å²) in [5.74, 6) is 2.54. The Bertz CT molecular complexity index is 605. The average Bonchev–Trinajstić information content (AvgIpc) is 3.40. The Hall–Kier alpha value is -1.06. The van der Waals surface area contributed by atoms with Gasteiger partial charge in [-0.05, 0) is 51.0 Å². The van der Waals surface area contributed by atoms with Crippen LogP contribution in [0.25, 0.3) is 0 Å². The van der Waals surface area contributed by atoms with Gasteiger partial charge in [0.15, 0.2) is 5.96 Å². The molecule has 1 aromatic carbocycles. The van der Waals surface area contributed by atoms with E-state index >= 15 is 0 Å². The molecule has 7 heteroatoms. The summed E-state index contributed by atoms with van der Waals surface area (Å²) in [5, 5.41) is 6.69. The Morgan fingerprint density at radius 3 is 2.79 bits per heavy atom. The van der Waals surface area contributed by atoms with E-state index in [-0.39, 0.29) is 24.0 Å². The van der Waals surface area contributed by atoms with Crippen LogP contribution in [0.4, 0.5) is 0 Å². The summed E-state index contributed by atoms with van der Waals surface area (Å²) in [7, 11) is 0. The number of nitrogens with zero attached hydrogens (tertiary/aromatic N) is 1. The molecule has 164 valence electrons. The molecule has 2 fully saturated rings. The molecule has 1 saturated heterocycles. The van der Waals surface area contributed by atoms with Crippen molar-refractivity contribution in [2.24, 2.45) is 10.9 Å². The normalized spacial score (nSPS) is 18.9. The van der Waals surface area contributed by atoms with Crippen LogP contribution in [-0.4, -0.2) is 51.6 Å². The van der Waals surface area contributed by atoms with Gasteiger partial charge in [-0.15, -0.1) is 24.0 Å². The molecule has 1 aliphatic heterocycles. The summed E-state index contributed by atoms with van der Waals surface area (Å²) in [6.07, 6.45) is 6.12. The van der Waals surface area contributed by atoms with Crippen molar-refractivity contribution < 1.29 is 14.2 Å². The van der Waals surface area contributed by atoms with E-state index in [9.17, 15) is 0 Å². The second-order valence-corrected chi connectivity index (χ2v) is 7.55. The highest BCUT2D eigenvalue weighted by Gasteiger charge is 2.22. The molecule has 0 bridgehead atoms. The van der Waals surface area contributed by atoms with Crippen LogP contribution in [0.1, 0.15) is 44.6 Å². The van der Waals surface area contributed by atoms with Crippen LogP contribution in [0.3, 0.4) is 0 Å². The van der Waals surface area contributed by atoms with Crippen LogP contribution in [-0.2, 0) is 16.0 Å². The number of ether oxygens (including phenoxy) is 3. The van der Waals surface area contributed by atoms with E-state index in [2.05, 4.69) is 23.6 Å². The third kappa shape index (κ3) is 9.53. The first-order chi connectivity index (χ1) is 13.8. The van der Waals surface area contributed by atoms with Crippen LogP contribution in [0, 0.1) is 5.92 Å². The highest BCUT2D eigenvalue weighted by atomic mass is 127. The molecule has 0 aromatic heterocycles. The highest BCUT2D eigenvalue weighted by Crippen LogP contribution is 2.30. The fraction of sp³-hybridized carbons (Fsp3) is 0.682. The quantitative estimate of drug-likeness (QED) is 0.192. The van der Waals surface area contributed by atoms with Gasteiger partial charge in [-0.1, -0.05) is 18.2 Å². The van der Waals surface area contributed by atoms with E-state index in [0.717, 1.165) is 75.4 Å². The standard InChI is InChI=1S/C22H35N3O3.HI/c1-2-23-22(24-12-6-13-26-17-20-8-5-14-27-20)25-15-19-7-3-4-9-21(19)28-16-18-10-11-18;/h3-4,7,9,18,20H,2,5-6,8,10-17H2,1H3,(H2,23,24,25);1H. The van der Waals surface area contributed by atoms with Gasteiger partial charge in [0.2, 0.25) is 0 Å². The third-order valence-corrected chi connectivity index (χ3v) is 4.98. The molecule has 3 rings (SSSR count). The van der Waals surface area contributed by atoms with E-state index < -0.39 is 0 Å². The van der Waals surface area contributed by atoms with Crippen molar-refractivity contribution in [1.29, 1.82) is 0 Å². The summed E-state index contributed by atoms with van der Waals surface area (Å²) >= 11 is 0. The first kappa shape index (κ1) is 24.2. The van der Waals surface area contributed by atoms with Gasteiger partial charge in [-0.25, -0.2) is 4.99 Å². The van der Waals surface area contributed by atoms with Crippen molar-refractivity contribution in [3.63, 3.8) is 0 Å². The lowest BCUT2D eigenvalue weighted by Crippen LogP contribution is -2.38. The Kier molecular flexibility index (Phi) is 11.7. The number of aliphatic imine (C=N–C) groups is 1. The fourth-order valence-electron chi connectivity index (χ4n) is 3.14. The Morgan fingerprint density at radius 1 is 1.17 bits per heavy atom. The molecule has 0 amide bonds. The molecule has 1 atom stereocenters. The Balaban J connectivity index is 0.00000300. The second kappa shape index (κ2) is 14.0. The molecule has 29 heavy (non-hydrogen) atoms. The average molecular weight is 517 g/mol. The first-order valence-electron chi connectivity index (χ1n) is 10.8. The van der Waals surface area contributed by atoms with Crippen LogP contribution < -0.4 is 15.4 Å². The first-order valence-corrected chi connectivity index (χ1v) is 10.8. The van der Waals surface area contributed by atoms with Crippen LogP contribution in [0.5, 0.6) is 5.75 Å². The summed E-state index contributed by atoms with van der Waals surface area (Å²) in [5.41, 5.74) is 1.13. The van der Waals surface area contributed by atoms with Crippen molar-refractivity contribution in [3.05, 3.63) is 29.8 Å². The minimum atomic E-state index is 0. The van der Waals surface area contributed by atoms with Gasteiger partial charge >= 0.3 is 0 Å². The zero-order valence-electron chi connectivity index (χ0n) is 17.5. The van der Waals surface area contributed by atoms with Crippen molar-refractivity contribution >= 4 is 29.9 Å². The van der Waals surface area contributed by atoms with E-state index in [1.165, 1.54) is 12.8 Å². The number of hydrogen-bond donors (Lipinski definition) is 2. The number of halogens is 1. The summed E-state index contributed by atoms with van der Waals surface area (Å²) in [6, 6.07) is 8.20. The SMILES string of the molecule is CCNC(=NCc1ccccc1OCC1CC1)NCCCOCC1CCCO1.I. The molecule has 1 aliphatic carbocycles. The molecule has 6 nitrogen and oxygen atoms in total. The van der Waals surface area contributed by atoms with E-state index in [0.29, 0.717) is 19.3 Å². The van der Waals surface area contributed by atoms with Crippen molar-refractivity contribution in [2.75, 3.05) is 39.5 Å². The predicted molar refractivity (Wildman–Crippen MR) is 127 cm³/mol. The van der Waals surface area contributed by atoms with Crippen LogP contribution in [0.15, 0.2) is 29.3 Å². The maximum Gasteiger partial charge on any atom is 0.191 e. The minimum Gasteiger partial charge on any atom is -0.493 e. The number of guanidine groups is 1. The monoisotopic (exact) mass is 517 g/mol. The Labute approximate surface area is 192 Å². The number of hydrogen-bond acceptors (Lipinski definition) is 4. The lowest BCUT2D eigenvalue weighted by atomic mass is 10.2. The molecule has 1 saturated carbocycles. The van der Waals surface area contributed by atoms with Crippen molar-refractivity contribution in [1.82, 2.24) is 10.6 Å². The molecule has 1 aromatic rings. The number of rotatable bonds is 12.